The van der Waals surface area contributed by atoms with Gasteiger partial charge in [-0.2, -0.15) is 4.72 Å². The fourth-order valence-corrected chi connectivity index (χ4v) is 3.06. The molecule has 0 aromatic heterocycles. The number of benzene rings is 1. The van der Waals surface area contributed by atoms with Gasteiger partial charge in [0.05, 0.1) is 4.90 Å². The highest BCUT2D eigenvalue weighted by Gasteiger charge is 2.28. The number of hydrogen-bond donors (Lipinski definition) is 2. The van der Waals surface area contributed by atoms with Crippen molar-refractivity contribution in [2.75, 3.05) is 0 Å². The zero-order valence-electron chi connectivity index (χ0n) is 10.8. The highest BCUT2D eigenvalue weighted by Crippen LogP contribution is 2.20. The third-order valence-corrected chi connectivity index (χ3v) is 4.51. The molecule has 0 aliphatic carbocycles. The molecule has 1 rings (SSSR count). The molecule has 0 fully saturated rings. The van der Waals surface area contributed by atoms with Crippen LogP contribution in [-0.4, -0.2) is 25.5 Å². The van der Waals surface area contributed by atoms with Gasteiger partial charge in [-0.3, -0.25) is 4.79 Å². The van der Waals surface area contributed by atoms with Crippen LogP contribution in [0.3, 0.4) is 0 Å². The molecule has 0 spiro atoms. The molecule has 0 radical (unpaired) electrons. The highest BCUT2D eigenvalue weighted by atomic mass is 35.5. The number of carboxylic acid groups (broad SMARTS) is 1. The lowest BCUT2D eigenvalue weighted by molar-refractivity contribution is -0.140. The van der Waals surface area contributed by atoms with E-state index in [9.17, 15) is 13.2 Å². The first kappa shape index (κ1) is 15.9. The van der Waals surface area contributed by atoms with E-state index >= 15 is 0 Å². The molecule has 1 aromatic rings. The minimum atomic E-state index is -3.90. The molecule has 5 nitrogen and oxygen atoms in total. The summed E-state index contributed by atoms with van der Waals surface area (Å²) in [4.78, 5) is 11.0. The van der Waals surface area contributed by atoms with Crippen molar-refractivity contribution in [3.63, 3.8) is 0 Å². The predicted molar refractivity (Wildman–Crippen MR) is 72.8 cm³/mol. The topological polar surface area (TPSA) is 83.5 Å². The van der Waals surface area contributed by atoms with Crippen LogP contribution in [0.2, 0.25) is 5.02 Å². The van der Waals surface area contributed by atoms with Crippen molar-refractivity contribution in [3.8, 4) is 0 Å². The Morgan fingerprint density at radius 3 is 2.37 bits per heavy atom. The number of carboxylic acids is 1. The summed E-state index contributed by atoms with van der Waals surface area (Å²) in [5, 5.41) is 9.32. The molecule has 0 aliphatic heterocycles. The average Bonchev–Trinajstić information content (AvgIpc) is 2.28. The first-order valence-corrected chi connectivity index (χ1v) is 7.52. The Kier molecular flexibility index (Phi) is 4.95. The van der Waals surface area contributed by atoms with Crippen molar-refractivity contribution >= 4 is 27.6 Å². The van der Waals surface area contributed by atoms with Crippen LogP contribution >= 0.6 is 11.6 Å². The zero-order valence-corrected chi connectivity index (χ0v) is 12.4. The van der Waals surface area contributed by atoms with Crippen molar-refractivity contribution in [2.24, 2.45) is 5.92 Å². The van der Waals surface area contributed by atoms with Gasteiger partial charge in [-0.15, -0.1) is 0 Å². The van der Waals surface area contributed by atoms with E-state index in [1.807, 2.05) is 0 Å². The van der Waals surface area contributed by atoms with Crippen molar-refractivity contribution in [1.29, 1.82) is 0 Å². The Morgan fingerprint density at radius 1 is 1.37 bits per heavy atom. The van der Waals surface area contributed by atoms with Crippen LogP contribution in [0, 0.1) is 12.8 Å². The molecule has 106 valence electrons. The van der Waals surface area contributed by atoms with Gasteiger partial charge in [-0.25, -0.2) is 8.42 Å². The summed E-state index contributed by atoms with van der Waals surface area (Å²) in [6.45, 7) is 5.01. The van der Waals surface area contributed by atoms with Crippen LogP contribution in [0.5, 0.6) is 0 Å². The summed E-state index contributed by atoms with van der Waals surface area (Å²) in [5.41, 5.74) is 0.749. The minimum absolute atomic E-state index is 0.0463. The number of rotatable bonds is 5. The predicted octanol–water partition coefficient (Wildman–Crippen LogP) is 2.04. The second-order valence-corrected chi connectivity index (χ2v) is 6.71. The SMILES string of the molecule is Cc1ccc(S(=O)(=O)N[C@H](C(=O)O)C(C)C)cc1Cl. The first-order valence-electron chi connectivity index (χ1n) is 5.66. The van der Waals surface area contributed by atoms with Crippen LogP contribution in [0.4, 0.5) is 0 Å². The number of halogens is 1. The van der Waals surface area contributed by atoms with Gasteiger partial charge in [0.2, 0.25) is 10.0 Å². The zero-order chi connectivity index (χ0) is 14.8. The van der Waals surface area contributed by atoms with E-state index in [1.165, 1.54) is 12.1 Å². The van der Waals surface area contributed by atoms with Gasteiger partial charge in [0, 0.05) is 5.02 Å². The standard InChI is InChI=1S/C12H16ClNO4S/c1-7(2)11(12(15)16)14-19(17,18)9-5-4-8(3)10(13)6-9/h4-7,11,14H,1-3H3,(H,15,16)/t11-/m0/s1. The van der Waals surface area contributed by atoms with Crippen molar-refractivity contribution in [1.82, 2.24) is 4.72 Å². The summed E-state index contributed by atoms with van der Waals surface area (Å²) in [5.74, 6) is -1.58. The molecule has 0 saturated heterocycles. The molecule has 0 bridgehead atoms. The van der Waals surface area contributed by atoms with Crippen LogP contribution in [0.15, 0.2) is 23.1 Å². The maximum Gasteiger partial charge on any atom is 0.322 e. The summed E-state index contributed by atoms with van der Waals surface area (Å²) >= 11 is 5.87. The number of sulfonamides is 1. The van der Waals surface area contributed by atoms with Gasteiger partial charge in [0.1, 0.15) is 6.04 Å². The van der Waals surface area contributed by atoms with Crippen LogP contribution in [0.25, 0.3) is 0 Å². The van der Waals surface area contributed by atoms with Gasteiger partial charge >= 0.3 is 5.97 Å². The first-order chi connectivity index (χ1) is 8.65. The minimum Gasteiger partial charge on any atom is -0.480 e. The fraction of sp³-hybridized carbons (Fsp3) is 0.417. The smallest absolute Gasteiger partial charge is 0.322 e. The number of aliphatic carboxylic acids is 1. The Hall–Kier alpha value is -1.11. The summed E-state index contributed by atoms with van der Waals surface area (Å²) < 4.78 is 26.3. The van der Waals surface area contributed by atoms with E-state index in [2.05, 4.69) is 4.72 Å². The average molecular weight is 306 g/mol. The van der Waals surface area contributed by atoms with Crippen LogP contribution in [0.1, 0.15) is 19.4 Å². The largest absolute Gasteiger partial charge is 0.480 e. The lowest BCUT2D eigenvalue weighted by Gasteiger charge is -2.18. The third-order valence-electron chi connectivity index (χ3n) is 2.67. The summed E-state index contributed by atoms with van der Waals surface area (Å²) in [7, 11) is -3.90. The second-order valence-electron chi connectivity index (χ2n) is 4.59. The van der Waals surface area contributed by atoms with Gasteiger partial charge in [-0.05, 0) is 30.5 Å². The Balaban J connectivity index is 3.10. The normalized spacial score (nSPS) is 13.5. The fourth-order valence-electron chi connectivity index (χ4n) is 1.45. The van der Waals surface area contributed by atoms with E-state index in [0.29, 0.717) is 5.02 Å². The number of nitrogens with one attached hydrogen (secondary N) is 1. The number of carbonyl (C=O) groups is 1. The Labute approximate surface area is 117 Å². The molecule has 0 heterocycles. The van der Waals surface area contributed by atoms with Gasteiger partial charge in [0.25, 0.3) is 0 Å². The maximum absolute atomic E-state index is 12.1. The molecule has 0 aliphatic rings. The number of hydrogen-bond acceptors (Lipinski definition) is 3. The molecular formula is C12H16ClNO4S. The van der Waals surface area contributed by atoms with E-state index in [4.69, 9.17) is 16.7 Å². The van der Waals surface area contributed by atoms with Crippen molar-refractivity contribution in [2.45, 2.75) is 31.7 Å². The monoisotopic (exact) mass is 305 g/mol. The number of aryl methyl sites for hydroxylation is 1. The maximum atomic E-state index is 12.1. The Bertz CT molecular complexity index is 583. The molecule has 2 N–H and O–H groups in total. The van der Waals surface area contributed by atoms with Gasteiger partial charge in [0.15, 0.2) is 0 Å². The van der Waals surface area contributed by atoms with E-state index in [0.717, 1.165) is 5.56 Å². The van der Waals surface area contributed by atoms with E-state index in [1.54, 1.807) is 26.8 Å². The van der Waals surface area contributed by atoms with Gasteiger partial charge < -0.3 is 5.11 Å². The molecule has 0 saturated carbocycles. The third kappa shape index (κ3) is 3.92. The lowest BCUT2D eigenvalue weighted by Crippen LogP contribution is -2.44. The second kappa shape index (κ2) is 5.90. The lowest BCUT2D eigenvalue weighted by atomic mass is 10.1. The highest BCUT2D eigenvalue weighted by molar-refractivity contribution is 7.89. The van der Waals surface area contributed by atoms with Crippen molar-refractivity contribution < 1.29 is 18.3 Å². The molecule has 0 unspecified atom stereocenters. The molecular weight excluding hydrogens is 290 g/mol. The molecule has 0 amide bonds. The van der Waals surface area contributed by atoms with Gasteiger partial charge in [-0.1, -0.05) is 31.5 Å². The van der Waals surface area contributed by atoms with Crippen LogP contribution < -0.4 is 4.72 Å². The van der Waals surface area contributed by atoms with E-state index in [-0.39, 0.29) is 10.8 Å². The summed E-state index contributed by atoms with van der Waals surface area (Å²) in [6, 6.07) is 3.09. The van der Waals surface area contributed by atoms with Crippen LogP contribution in [-0.2, 0) is 14.8 Å². The van der Waals surface area contributed by atoms with Crippen molar-refractivity contribution in [3.05, 3.63) is 28.8 Å². The molecule has 19 heavy (non-hydrogen) atoms. The van der Waals surface area contributed by atoms with E-state index < -0.39 is 22.0 Å². The Morgan fingerprint density at radius 2 is 1.95 bits per heavy atom. The molecule has 1 atom stereocenters. The molecule has 1 aromatic carbocycles. The summed E-state index contributed by atoms with van der Waals surface area (Å²) in [6.07, 6.45) is 0. The quantitative estimate of drug-likeness (QED) is 0.872. The molecule has 7 heteroatoms.